The van der Waals surface area contributed by atoms with E-state index in [4.69, 9.17) is 9.47 Å². The van der Waals surface area contributed by atoms with Gasteiger partial charge in [-0.15, -0.1) is 0 Å². The van der Waals surface area contributed by atoms with Crippen molar-refractivity contribution >= 4 is 18.0 Å². The fourth-order valence-corrected chi connectivity index (χ4v) is 5.27. The Kier molecular flexibility index (Phi) is 7.70. The summed E-state index contributed by atoms with van der Waals surface area (Å²) in [7, 11) is 0. The third-order valence-electron chi connectivity index (χ3n) is 7.17. The fraction of sp³-hybridized carbons (Fsp3) is 0.300. The molecule has 3 aromatic rings. The van der Waals surface area contributed by atoms with Crippen LogP contribution in [0.3, 0.4) is 0 Å². The maximum absolute atomic E-state index is 13.5. The average Bonchev–Trinajstić information content (AvgIpc) is 3.52. The van der Waals surface area contributed by atoms with E-state index in [9.17, 15) is 19.5 Å². The third-order valence-corrected chi connectivity index (χ3v) is 7.17. The Balaban J connectivity index is 1.23. The largest absolute Gasteiger partial charge is 0.481 e. The number of ether oxygens (including phenoxy) is 2. The Morgan fingerprint density at radius 3 is 2.18 bits per heavy atom. The standard InChI is InChI=1S/C30H30N2O6/c33-28(34)14-15-32(16-20-8-2-1-3-9-20)29(35)26-17-37-19-27(26)31-30(36)38-18-25-23-12-6-4-10-21(23)22-11-5-7-13-24(22)25/h1-13,25-27H,14-19H2,(H,31,36)(H,33,34). The highest BCUT2D eigenvalue weighted by atomic mass is 16.5. The molecule has 2 amide bonds. The van der Waals surface area contributed by atoms with E-state index in [1.54, 1.807) is 0 Å². The number of alkyl carbamates (subject to hydrolysis) is 1. The van der Waals surface area contributed by atoms with Gasteiger partial charge in [0.1, 0.15) is 6.61 Å². The Bertz CT molecular complexity index is 1270. The van der Waals surface area contributed by atoms with Gasteiger partial charge in [0.05, 0.1) is 31.6 Å². The van der Waals surface area contributed by atoms with E-state index in [0.717, 1.165) is 27.8 Å². The molecule has 0 aromatic heterocycles. The molecule has 0 bridgehead atoms. The number of benzene rings is 3. The molecule has 8 nitrogen and oxygen atoms in total. The molecule has 1 heterocycles. The number of hydrogen-bond acceptors (Lipinski definition) is 5. The maximum atomic E-state index is 13.5. The van der Waals surface area contributed by atoms with Crippen LogP contribution in [0.15, 0.2) is 78.9 Å². The quantitative estimate of drug-likeness (QED) is 0.447. The van der Waals surface area contributed by atoms with Gasteiger partial charge in [-0.25, -0.2) is 4.79 Å². The van der Waals surface area contributed by atoms with Crippen molar-refractivity contribution in [3.63, 3.8) is 0 Å². The van der Waals surface area contributed by atoms with Gasteiger partial charge in [0.2, 0.25) is 5.91 Å². The minimum Gasteiger partial charge on any atom is -0.481 e. The number of amides is 2. The van der Waals surface area contributed by atoms with E-state index in [1.807, 2.05) is 54.6 Å². The monoisotopic (exact) mass is 514 g/mol. The summed E-state index contributed by atoms with van der Waals surface area (Å²) in [6, 6.07) is 25.1. The molecule has 8 heteroatoms. The Labute approximate surface area is 221 Å². The summed E-state index contributed by atoms with van der Waals surface area (Å²) >= 11 is 0. The molecule has 1 aliphatic heterocycles. The van der Waals surface area contributed by atoms with Gasteiger partial charge >= 0.3 is 12.1 Å². The molecule has 196 valence electrons. The Morgan fingerprint density at radius 2 is 1.53 bits per heavy atom. The molecule has 5 rings (SSSR count). The topological polar surface area (TPSA) is 105 Å². The van der Waals surface area contributed by atoms with E-state index >= 15 is 0 Å². The lowest BCUT2D eigenvalue weighted by molar-refractivity contribution is -0.140. The van der Waals surface area contributed by atoms with Crippen molar-refractivity contribution in [3.8, 4) is 11.1 Å². The minimum absolute atomic E-state index is 0.0667. The summed E-state index contributed by atoms with van der Waals surface area (Å²) in [4.78, 5) is 39.0. The number of rotatable bonds is 9. The van der Waals surface area contributed by atoms with E-state index in [0.29, 0.717) is 0 Å². The summed E-state index contributed by atoms with van der Waals surface area (Å²) in [6.45, 7) is 0.841. The highest BCUT2D eigenvalue weighted by Crippen LogP contribution is 2.44. The first-order chi connectivity index (χ1) is 18.5. The zero-order valence-corrected chi connectivity index (χ0v) is 20.9. The summed E-state index contributed by atoms with van der Waals surface area (Å²) in [6.07, 6.45) is -0.781. The molecule has 2 unspecified atom stereocenters. The van der Waals surface area contributed by atoms with Crippen LogP contribution in [0.5, 0.6) is 0 Å². The summed E-state index contributed by atoms with van der Waals surface area (Å²) in [5.41, 5.74) is 5.42. The molecule has 2 aliphatic rings. The second kappa shape index (κ2) is 11.5. The van der Waals surface area contributed by atoms with E-state index in [-0.39, 0.29) is 51.2 Å². The number of nitrogens with zero attached hydrogens (tertiary/aromatic N) is 1. The smallest absolute Gasteiger partial charge is 0.407 e. The summed E-state index contributed by atoms with van der Waals surface area (Å²) in [5.74, 6) is -1.93. The van der Waals surface area contributed by atoms with Gasteiger partial charge in [0, 0.05) is 19.0 Å². The summed E-state index contributed by atoms with van der Waals surface area (Å²) in [5, 5.41) is 12.0. The highest BCUT2D eigenvalue weighted by molar-refractivity contribution is 5.82. The zero-order chi connectivity index (χ0) is 26.5. The van der Waals surface area contributed by atoms with E-state index in [1.165, 1.54) is 4.90 Å². The van der Waals surface area contributed by atoms with Crippen LogP contribution in [0, 0.1) is 5.92 Å². The van der Waals surface area contributed by atoms with Crippen molar-refractivity contribution in [1.29, 1.82) is 0 Å². The van der Waals surface area contributed by atoms with Crippen molar-refractivity contribution in [2.75, 3.05) is 26.4 Å². The molecule has 2 atom stereocenters. The van der Waals surface area contributed by atoms with Gasteiger partial charge in [0.25, 0.3) is 0 Å². The normalized spacial score (nSPS) is 17.9. The van der Waals surface area contributed by atoms with Gasteiger partial charge in [-0.1, -0.05) is 78.9 Å². The number of carbonyl (C=O) groups excluding carboxylic acids is 2. The van der Waals surface area contributed by atoms with Crippen LogP contribution in [0.4, 0.5) is 4.79 Å². The Morgan fingerprint density at radius 1 is 0.895 bits per heavy atom. The molecule has 0 saturated carbocycles. The molecule has 1 fully saturated rings. The number of fused-ring (bicyclic) bond motifs is 3. The second-order valence-electron chi connectivity index (χ2n) is 9.61. The SMILES string of the molecule is O=C(O)CCN(Cc1ccccc1)C(=O)C1COCC1NC(=O)OCC1c2ccccc2-c2ccccc21. The number of nitrogens with one attached hydrogen (secondary N) is 1. The molecular formula is C30H30N2O6. The van der Waals surface area contributed by atoms with Gasteiger partial charge in [0.15, 0.2) is 0 Å². The lowest BCUT2D eigenvalue weighted by Gasteiger charge is -2.27. The van der Waals surface area contributed by atoms with Gasteiger partial charge < -0.3 is 24.8 Å². The van der Waals surface area contributed by atoms with Crippen LogP contribution in [0.2, 0.25) is 0 Å². The van der Waals surface area contributed by atoms with Crippen LogP contribution in [0.1, 0.15) is 29.0 Å². The first kappa shape index (κ1) is 25.5. The van der Waals surface area contributed by atoms with Crippen LogP contribution in [-0.2, 0) is 25.6 Å². The number of aliphatic carboxylic acids is 1. The first-order valence-electron chi connectivity index (χ1n) is 12.7. The molecule has 0 spiro atoms. The third kappa shape index (κ3) is 5.55. The van der Waals surface area contributed by atoms with Crippen molar-refractivity contribution in [2.45, 2.75) is 24.9 Å². The first-order valence-corrected chi connectivity index (χ1v) is 12.7. The van der Waals surface area contributed by atoms with Gasteiger partial charge in [-0.05, 0) is 27.8 Å². The molecule has 0 radical (unpaired) electrons. The van der Waals surface area contributed by atoms with Crippen molar-refractivity contribution in [3.05, 3.63) is 95.6 Å². The molecule has 1 aliphatic carbocycles. The van der Waals surface area contributed by atoms with Crippen LogP contribution >= 0.6 is 0 Å². The Hall–Kier alpha value is -4.17. The lowest BCUT2D eigenvalue weighted by Crippen LogP contribution is -2.48. The second-order valence-corrected chi connectivity index (χ2v) is 9.61. The highest BCUT2D eigenvalue weighted by Gasteiger charge is 2.38. The summed E-state index contributed by atoms with van der Waals surface area (Å²) < 4.78 is 11.2. The van der Waals surface area contributed by atoms with Crippen LogP contribution in [-0.4, -0.2) is 60.4 Å². The predicted octanol–water partition coefficient (Wildman–Crippen LogP) is 4.04. The van der Waals surface area contributed by atoms with Crippen molar-refractivity contribution < 1.29 is 29.0 Å². The van der Waals surface area contributed by atoms with Crippen molar-refractivity contribution in [2.24, 2.45) is 5.92 Å². The zero-order valence-electron chi connectivity index (χ0n) is 20.9. The molecule has 3 aromatic carbocycles. The van der Waals surface area contributed by atoms with E-state index in [2.05, 4.69) is 29.6 Å². The molecular weight excluding hydrogens is 484 g/mol. The van der Waals surface area contributed by atoms with Crippen molar-refractivity contribution in [1.82, 2.24) is 10.2 Å². The molecule has 38 heavy (non-hydrogen) atoms. The minimum atomic E-state index is -0.980. The van der Waals surface area contributed by atoms with Gasteiger partial charge in [-0.2, -0.15) is 0 Å². The number of carbonyl (C=O) groups is 3. The van der Waals surface area contributed by atoms with Gasteiger partial charge in [-0.3, -0.25) is 9.59 Å². The number of hydrogen-bond donors (Lipinski definition) is 2. The van der Waals surface area contributed by atoms with E-state index < -0.39 is 24.0 Å². The number of carboxylic acids is 1. The molecule has 1 saturated heterocycles. The predicted molar refractivity (Wildman–Crippen MR) is 140 cm³/mol. The lowest BCUT2D eigenvalue weighted by atomic mass is 9.98. The fourth-order valence-electron chi connectivity index (χ4n) is 5.27. The number of carboxylic acid groups (broad SMARTS) is 1. The maximum Gasteiger partial charge on any atom is 0.407 e. The molecule has 2 N–H and O–H groups in total. The van der Waals surface area contributed by atoms with Crippen LogP contribution < -0.4 is 5.32 Å². The van der Waals surface area contributed by atoms with Crippen LogP contribution in [0.25, 0.3) is 11.1 Å². The average molecular weight is 515 g/mol.